The molecule has 0 spiro atoms. The Kier molecular flexibility index (Phi) is 3.50. The molecule has 0 atom stereocenters. The molecule has 0 unspecified atom stereocenters. The highest BCUT2D eigenvalue weighted by Gasteiger charge is 2.33. The number of nitrogens with zero attached hydrogens (tertiary/aromatic N) is 2. The van der Waals surface area contributed by atoms with Gasteiger partial charge >= 0.3 is 12.0 Å². The Morgan fingerprint density at radius 2 is 1.89 bits per heavy atom. The van der Waals surface area contributed by atoms with Gasteiger partial charge in [0.1, 0.15) is 6.54 Å². The van der Waals surface area contributed by atoms with Crippen molar-refractivity contribution in [1.82, 2.24) is 9.80 Å². The second kappa shape index (κ2) is 5.09. The largest absolute Gasteiger partial charge is 0.481 e. The molecule has 1 aliphatic heterocycles. The van der Waals surface area contributed by atoms with E-state index in [2.05, 4.69) is 0 Å². The number of carbonyl (C=O) groups is 3. The quantitative estimate of drug-likeness (QED) is 0.810. The van der Waals surface area contributed by atoms with E-state index in [0.29, 0.717) is 11.1 Å². The number of urea groups is 1. The summed E-state index contributed by atoms with van der Waals surface area (Å²) < 4.78 is 0. The van der Waals surface area contributed by atoms with E-state index in [1.807, 2.05) is 0 Å². The molecular weight excluding hydrogens is 248 g/mol. The maximum Gasteiger partial charge on any atom is 0.327 e. The summed E-state index contributed by atoms with van der Waals surface area (Å²) in [5, 5.41) is 8.84. The van der Waals surface area contributed by atoms with Crippen molar-refractivity contribution in [3.8, 4) is 0 Å². The zero-order valence-corrected chi connectivity index (χ0v) is 10.5. The first-order valence-electron chi connectivity index (χ1n) is 5.83. The number of benzene rings is 1. The van der Waals surface area contributed by atoms with Crippen molar-refractivity contribution in [2.75, 3.05) is 13.6 Å². The van der Waals surface area contributed by atoms with Crippen molar-refractivity contribution in [3.05, 3.63) is 35.4 Å². The van der Waals surface area contributed by atoms with Crippen molar-refractivity contribution >= 4 is 17.9 Å². The standard InChI is InChI=1S/C13H14N2O4/c1-14-8-11(16)15(13(14)19)7-10-5-3-2-4-9(10)6-12(17)18/h2-5H,6-8H2,1H3,(H,17,18). The van der Waals surface area contributed by atoms with Crippen molar-refractivity contribution in [3.63, 3.8) is 0 Å². The zero-order valence-electron chi connectivity index (χ0n) is 10.5. The minimum atomic E-state index is -0.941. The van der Waals surface area contributed by atoms with Gasteiger partial charge in [-0.2, -0.15) is 0 Å². The van der Waals surface area contributed by atoms with E-state index in [9.17, 15) is 14.4 Å². The minimum Gasteiger partial charge on any atom is -0.481 e. The third-order valence-electron chi connectivity index (χ3n) is 3.02. The number of carboxylic acids is 1. The number of aliphatic carboxylic acids is 1. The van der Waals surface area contributed by atoms with Crippen LogP contribution in [0.5, 0.6) is 0 Å². The number of carbonyl (C=O) groups excluding carboxylic acids is 2. The van der Waals surface area contributed by atoms with Crippen LogP contribution in [0.3, 0.4) is 0 Å². The molecule has 3 amide bonds. The molecule has 1 fully saturated rings. The first-order chi connectivity index (χ1) is 8.99. The summed E-state index contributed by atoms with van der Waals surface area (Å²) in [5.41, 5.74) is 1.30. The van der Waals surface area contributed by atoms with Crippen LogP contribution in [0.1, 0.15) is 11.1 Å². The van der Waals surface area contributed by atoms with Gasteiger partial charge in [0.05, 0.1) is 13.0 Å². The maximum absolute atomic E-state index is 11.8. The molecule has 2 rings (SSSR count). The highest BCUT2D eigenvalue weighted by atomic mass is 16.4. The van der Waals surface area contributed by atoms with Gasteiger partial charge in [-0.3, -0.25) is 14.5 Å². The van der Waals surface area contributed by atoms with Gasteiger partial charge in [0.2, 0.25) is 0 Å². The summed E-state index contributed by atoms with van der Waals surface area (Å²) >= 11 is 0. The number of hydrogen-bond acceptors (Lipinski definition) is 3. The predicted molar refractivity (Wildman–Crippen MR) is 66.4 cm³/mol. The Balaban J connectivity index is 2.21. The Hall–Kier alpha value is -2.37. The molecule has 1 aromatic rings. The van der Waals surface area contributed by atoms with Crippen LogP contribution in [0, 0.1) is 0 Å². The number of amides is 3. The Labute approximate surface area is 110 Å². The van der Waals surface area contributed by atoms with Gasteiger partial charge < -0.3 is 10.0 Å². The van der Waals surface area contributed by atoms with Crippen LogP contribution < -0.4 is 0 Å². The second-order valence-electron chi connectivity index (χ2n) is 4.46. The summed E-state index contributed by atoms with van der Waals surface area (Å²) in [5.74, 6) is -1.21. The Morgan fingerprint density at radius 1 is 1.26 bits per heavy atom. The SMILES string of the molecule is CN1CC(=O)N(Cc2ccccc2CC(=O)O)C1=O. The first-order valence-corrected chi connectivity index (χ1v) is 5.83. The molecular formula is C13H14N2O4. The highest BCUT2D eigenvalue weighted by molar-refractivity contribution is 6.01. The van der Waals surface area contributed by atoms with Crippen LogP contribution in [0.15, 0.2) is 24.3 Å². The summed E-state index contributed by atoms with van der Waals surface area (Å²) in [7, 11) is 1.56. The molecule has 0 aromatic heterocycles. The van der Waals surface area contributed by atoms with Gasteiger partial charge in [0.25, 0.3) is 5.91 Å². The molecule has 1 aromatic carbocycles. The third kappa shape index (κ3) is 2.73. The lowest BCUT2D eigenvalue weighted by atomic mass is 10.0. The molecule has 0 aliphatic carbocycles. The number of likely N-dealkylation sites (N-methyl/N-ethyl adjacent to an activating group) is 1. The second-order valence-corrected chi connectivity index (χ2v) is 4.46. The molecule has 1 saturated heterocycles. The van der Waals surface area contributed by atoms with E-state index in [1.54, 1.807) is 31.3 Å². The zero-order chi connectivity index (χ0) is 14.0. The van der Waals surface area contributed by atoms with Crippen molar-refractivity contribution in [2.24, 2.45) is 0 Å². The Morgan fingerprint density at radius 3 is 2.42 bits per heavy atom. The van der Waals surface area contributed by atoms with Crippen LogP contribution in [0.25, 0.3) is 0 Å². The highest BCUT2D eigenvalue weighted by Crippen LogP contribution is 2.17. The molecule has 100 valence electrons. The fraction of sp³-hybridized carbons (Fsp3) is 0.308. The van der Waals surface area contributed by atoms with Crippen molar-refractivity contribution in [2.45, 2.75) is 13.0 Å². The van der Waals surface area contributed by atoms with Gasteiger partial charge in [-0.15, -0.1) is 0 Å². The van der Waals surface area contributed by atoms with Gasteiger partial charge in [-0.05, 0) is 11.1 Å². The fourth-order valence-electron chi connectivity index (χ4n) is 2.04. The summed E-state index contributed by atoms with van der Waals surface area (Å²) in [4.78, 5) is 36.7. The molecule has 1 heterocycles. The van der Waals surface area contributed by atoms with E-state index in [4.69, 9.17) is 5.11 Å². The summed E-state index contributed by atoms with van der Waals surface area (Å²) in [6, 6.07) is 6.57. The number of rotatable bonds is 4. The smallest absolute Gasteiger partial charge is 0.327 e. The lowest BCUT2D eigenvalue weighted by Gasteiger charge is -2.16. The molecule has 0 radical (unpaired) electrons. The summed E-state index contributed by atoms with van der Waals surface area (Å²) in [6.45, 7) is 0.186. The predicted octanol–water partition coefficient (Wildman–Crippen LogP) is 0.708. The van der Waals surface area contributed by atoms with Gasteiger partial charge in [-0.1, -0.05) is 24.3 Å². The van der Waals surface area contributed by atoms with Crippen LogP contribution in [-0.2, 0) is 22.6 Å². The van der Waals surface area contributed by atoms with E-state index in [-0.39, 0.29) is 31.4 Å². The van der Waals surface area contributed by atoms with Gasteiger partial charge in [0, 0.05) is 7.05 Å². The van der Waals surface area contributed by atoms with Crippen LogP contribution >= 0.6 is 0 Å². The lowest BCUT2D eigenvalue weighted by molar-refractivity contribution is -0.136. The van der Waals surface area contributed by atoms with Crippen molar-refractivity contribution < 1.29 is 19.5 Å². The average Bonchev–Trinajstić information content (AvgIpc) is 2.57. The van der Waals surface area contributed by atoms with Crippen LogP contribution in [0.4, 0.5) is 4.79 Å². The van der Waals surface area contributed by atoms with Crippen LogP contribution in [0.2, 0.25) is 0 Å². The molecule has 0 saturated carbocycles. The topological polar surface area (TPSA) is 77.9 Å². The average molecular weight is 262 g/mol. The Bertz CT molecular complexity index is 541. The number of carboxylic acid groups (broad SMARTS) is 1. The molecule has 0 bridgehead atoms. The molecule has 6 heteroatoms. The first kappa shape index (κ1) is 13.1. The molecule has 6 nitrogen and oxygen atoms in total. The van der Waals surface area contributed by atoms with Crippen molar-refractivity contribution in [1.29, 1.82) is 0 Å². The van der Waals surface area contributed by atoms with E-state index >= 15 is 0 Å². The lowest BCUT2D eigenvalue weighted by Crippen LogP contribution is -2.31. The summed E-state index contributed by atoms with van der Waals surface area (Å²) in [6.07, 6.45) is -0.123. The normalized spacial score (nSPS) is 15.2. The number of imide groups is 1. The molecule has 1 aliphatic rings. The monoisotopic (exact) mass is 262 g/mol. The van der Waals surface area contributed by atoms with Gasteiger partial charge in [0.15, 0.2) is 0 Å². The van der Waals surface area contributed by atoms with E-state index in [1.165, 1.54) is 4.90 Å². The molecule has 1 N–H and O–H groups in total. The van der Waals surface area contributed by atoms with Crippen LogP contribution in [-0.4, -0.2) is 46.4 Å². The maximum atomic E-state index is 11.8. The number of hydrogen-bond donors (Lipinski definition) is 1. The van der Waals surface area contributed by atoms with Gasteiger partial charge in [-0.25, -0.2) is 4.79 Å². The third-order valence-corrected chi connectivity index (χ3v) is 3.02. The van der Waals surface area contributed by atoms with E-state index < -0.39 is 5.97 Å². The molecule has 19 heavy (non-hydrogen) atoms. The minimum absolute atomic E-state index is 0.0694. The fourth-order valence-corrected chi connectivity index (χ4v) is 2.04. The van der Waals surface area contributed by atoms with E-state index in [0.717, 1.165) is 4.90 Å².